The van der Waals surface area contributed by atoms with Gasteiger partial charge in [-0.05, 0) is 0 Å². The van der Waals surface area contributed by atoms with Crippen molar-refractivity contribution >= 4 is 22.6 Å². The maximum absolute atomic E-state index is 12.9. The molecular formula is C8HF16I. The minimum Gasteiger partial charge on any atom is -0.203 e. The van der Waals surface area contributed by atoms with Crippen LogP contribution in [0.4, 0.5) is 70.2 Å². The fourth-order valence-electron chi connectivity index (χ4n) is 1.12. The lowest BCUT2D eigenvalue weighted by atomic mass is 9.91. The van der Waals surface area contributed by atoms with Crippen molar-refractivity contribution in [1.82, 2.24) is 0 Å². The van der Waals surface area contributed by atoms with E-state index < -0.39 is 68.5 Å². The fourth-order valence-corrected chi connectivity index (χ4v) is 1.45. The van der Waals surface area contributed by atoms with Gasteiger partial charge in [0.1, 0.15) is 0 Å². The first-order valence-corrected chi connectivity index (χ1v) is 6.14. The van der Waals surface area contributed by atoms with E-state index in [-0.39, 0.29) is 0 Å². The van der Waals surface area contributed by atoms with Crippen LogP contribution in [0.2, 0.25) is 0 Å². The third kappa shape index (κ3) is 3.10. The third-order valence-corrected chi connectivity index (χ3v) is 3.30. The van der Waals surface area contributed by atoms with Gasteiger partial charge < -0.3 is 0 Å². The van der Waals surface area contributed by atoms with Crippen molar-refractivity contribution in [3.8, 4) is 0 Å². The molecule has 0 N–H and O–H groups in total. The summed E-state index contributed by atoms with van der Waals surface area (Å²) in [6, 6.07) is 0. The summed E-state index contributed by atoms with van der Waals surface area (Å²) >= 11 is -0.937. The standard InChI is InChI=1S/C8HF16I/c9-1(10)2(11,12)3(13,14)4(15,16)5(17,18)6(19,20)7(21,22)8(23,24)25/h1H. The van der Waals surface area contributed by atoms with E-state index in [2.05, 4.69) is 0 Å². The first-order valence-electron chi connectivity index (χ1n) is 5.06. The molecule has 0 aliphatic heterocycles. The molecule has 0 radical (unpaired) electrons. The van der Waals surface area contributed by atoms with Crippen LogP contribution in [0.1, 0.15) is 0 Å². The number of rotatable bonds is 7. The minimum atomic E-state index is -8.31. The average molecular weight is 528 g/mol. The Kier molecular flexibility index (Phi) is 5.97. The molecule has 0 spiro atoms. The fraction of sp³-hybridized carbons (Fsp3) is 1.00. The number of hydrogen-bond donors (Lipinski definition) is 0. The van der Waals surface area contributed by atoms with Gasteiger partial charge in [-0.15, -0.1) is 0 Å². The Morgan fingerprint density at radius 2 is 0.680 bits per heavy atom. The average Bonchev–Trinajstić information content (AvgIpc) is 2.35. The summed E-state index contributed by atoms with van der Waals surface area (Å²) in [4.78, 5) is 0. The van der Waals surface area contributed by atoms with Crippen LogP contribution < -0.4 is 0 Å². The Morgan fingerprint density at radius 1 is 0.440 bits per heavy atom. The normalized spacial score (nSPS) is 16.6. The molecule has 0 nitrogen and oxygen atoms in total. The highest BCUT2D eigenvalue weighted by atomic mass is 127. The Balaban J connectivity index is 6.50. The topological polar surface area (TPSA) is 0 Å². The predicted octanol–water partition coefficient (Wildman–Crippen LogP) is 6.09. The number of halogens is 17. The maximum atomic E-state index is 12.9. The molecular weight excluding hydrogens is 527 g/mol. The molecule has 152 valence electrons. The van der Waals surface area contributed by atoms with E-state index in [0.29, 0.717) is 0 Å². The van der Waals surface area contributed by atoms with E-state index in [1.807, 2.05) is 0 Å². The summed E-state index contributed by atoms with van der Waals surface area (Å²) in [5, 5.41) is 0. The molecule has 0 aliphatic rings. The van der Waals surface area contributed by atoms with Crippen molar-refractivity contribution in [1.29, 1.82) is 0 Å². The van der Waals surface area contributed by atoms with Gasteiger partial charge in [-0.25, -0.2) is 8.78 Å². The molecule has 0 aromatic heterocycles. The van der Waals surface area contributed by atoms with Crippen molar-refractivity contribution in [2.45, 2.75) is 45.9 Å². The van der Waals surface area contributed by atoms with Crippen molar-refractivity contribution in [2.75, 3.05) is 0 Å². The van der Waals surface area contributed by atoms with E-state index in [1.54, 1.807) is 0 Å². The van der Waals surface area contributed by atoms with Crippen LogP contribution in [0.3, 0.4) is 0 Å². The van der Waals surface area contributed by atoms with Crippen LogP contribution >= 0.6 is 22.6 Å². The van der Waals surface area contributed by atoms with Gasteiger partial charge >= 0.3 is 45.9 Å². The lowest BCUT2D eigenvalue weighted by molar-refractivity contribution is -0.440. The van der Waals surface area contributed by atoms with Crippen molar-refractivity contribution in [3.05, 3.63) is 0 Å². The monoisotopic (exact) mass is 528 g/mol. The Hall–Kier alpha value is -0.390. The highest BCUT2D eigenvalue weighted by Gasteiger charge is 2.93. The van der Waals surface area contributed by atoms with Crippen LogP contribution in [0.15, 0.2) is 0 Å². The summed E-state index contributed by atoms with van der Waals surface area (Å²) < 4.78 is 195. The van der Waals surface area contributed by atoms with E-state index in [0.717, 1.165) is 0 Å². The van der Waals surface area contributed by atoms with Gasteiger partial charge in [0, 0.05) is 22.6 Å². The zero-order valence-corrected chi connectivity index (χ0v) is 12.7. The summed E-state index contributed by atoms with van der Waals surface area (Å²) in [5.74, 6) is -47.6. The molecule has 0 bridgehead atoms. The predicted molar refractivity (Wildman–Crippen MR) is 54.7 cm³/mol. The van der Waals surface area contributed by atoms with Gasteiger partial charge in [0.2, 0.25) is 0 Å². The summed E-state index contributed by atoms with van der Waals surface area (Å²) in [7, 11) is 0. The SMILES string of the molecule is FC(F)C(F)(F)C(F)(F)C(F)(F)C(F)(F)C(F)(F)C(F)(F)C(F)(F)I. The van der Waals surface area contributed by atoms with Gasteiger partial charge in [-0.3, -0.25) is 0 Å². The second-order valence-electron chi connectivity index (χ2n) is 4.29. The molecule has 0 rings (SSSR count). The lowest BCUT2D eigenvalue weighted by Crippen LogP contribution is -2.73. The van der Waals surface area contributed by atoms with Crippen LogP contribution in [0.5, 0.6) is 0 Å². The van der Waals surface area contributed by atoms with Crippen LogP contribution in [-0.4, -0.2) is 45.9 Å². The van der Waals surface area contributed by atoms with E-state index in [4.69, 9.17) is 0 Å². The van der Waals surface area contributed by atoms with E-state index in [9.17, 15) is 70.2 Å². The molecule has 0 saturated heterocycles. The summed E-state index contributed by atoms with van der Waals surface area (Å²) in [5.41, 5.74) is 0. The minimum absolute atomic E-state index is 0.937. The van der Waals surface area contributed by atoms with Crippen molar-refractivity contribution < 1.29 is 70.2 Å². The second kappa shape index (κ2) is 6.07. The Bertz CT molecular complexity index is 487. The van der Waals surface area contributed by atoms with Gasteiger partial charge in [-0.2, -0.15) is 61.5 Å². The quantitative estimate of drug-likeness (QED) is 0.213. The highest BCUT2D eigenvalue weighted by molar-refractivity contribution is 14.1. The van der Waals surface area contributed by atoms with Gasteiger partial charge in [-0.1, -0.05) is 0 Å². The van der Waals surface area contributed by atoms with Gasteiger partial charge in [0.15, 0.2) is 0 Å². The van der Waals surface area contributed by atoms with E-state index >= 15 is 0 Å². The van der Waals surface area contributed by atoms with Gasteiger partial charge in [0.05, 0.1) is 0 Å². The van der Waals surface area contributed by atoms with E-state index in [1.165, 1.54) is 0 Å². The largest absolute Gasteiger partial charge is 0.387 e. The molecule has 0 heterocycles. The molecule has 0 saturated carbocycles. The maximum Gasteiger partial charge on any atom is 0.387 e. The van der Waals surface area contributed by atoms with Crippen molar-refractivity contribution in [2.24, 2.45) is 0 Å². The van der Waals surface area contributed by atoms with Crippen LogP contribution in [0, 0.1) is 0 Å². The molecule has 0 aromatic rings. The lowest BCUT2D eigenvalue weighted by Gasteiger charge is -2.41. The molecule has 0 amide bonds. The van der Waals surface area contributed by atoms with Crippen LogP contribution in [0.25, 0.3) is 0 Å². The molecule has 0 aliphatic carbocycles. The molecule has 0 fully saturated rings. The Labute approximate surface area is 139 Å². The molecule has 0 unspecified atom stereocenters. The zero-order chi connectivity index (χ0) is 21.1. The first-order chi connectivity index (χ1) is 10.4. The third-order valence-electron chi connectivity index (χ3n) is 2.63. The molecule has 0 atom stereocenters. The van der Waals surface area contributed by atoms with Crippen LogP contribution in [-0.2, 0) is 0 Å². The smallest absolute Gasteiger partial charge is 0.203 e. The molecule has 25 heavy (non-hydrogen) atoms. The van der Waals surface area contributed by atoms with Crippen molar-refractivity contribution in [3.63, 3.8) is 0 Å². The second-order valence-corrected chi connectivity index (χ2v) is 5.65. The first kappa shape index (κ1) is 24.6. The van der Waals surface area contributed by atoms with Gasteiger partial charge in [0.25, 0.3) is 0 Å². The highest BCUT2D eigenvalue weighted by Crippen LogP contribution is 2.63. The zero-order valence-electron chi connectivity index (χ0n) is 10.5. The molecule has 0 aromatic carbocycles. The Morgan fingerprint density at radius 3 is 0.920 bits per heavy atom. The summed E-state index contributed by atoms with van der Waals surface area (Å²) in [6.07, 6.45) is -5.83. The number of alkyl halides is 17. The molecule has 17 heteroatoms. The summed E-state index contributed by atoms with van der Waals surface area (Å²) in [6.45, 7) is 0. The number of hydrogen-bond acceptors (Lipinski definition) is 0.